The summed E-state index contributed by atoms with van der Waals surface area (Å²) >= 11 is 0. The molecule has 1 saturated heterocycles. The van der Waals surface area contributed by atoms with Gasteiger partial charge in [0.1, 0.15) is 11.2 Å². The lowest BCUT2D eigenvalue weighted by Gasteiger charge is -2.60. The number of amides is 1. The van der Waals surface area contributed by atoms with Gasteiger partial charge in [-0.3, -0.25) is 9.59 Å². The van der Waals surface area contributed by atoms with Crippen LogP contribution in [0.3, 0.4) is 0 Å². The van der Waals surface area contributed by atoms with Gasteiger partial charge in [-0.05, 0) is 50.5 Å². The molecule has 0 aromatic heterocycles. The molecule has 1 aliphatic heterocycles. The highest BCUT2D eigenvalue weighted by Crippen LogP contribution is 2.57. The van der Waals surface area contributed by atoms with Gasteiger partial charge in [-0.1, -0.05) is 84.9 Å². The van der Waals surface area contributed by atoms with E-state index in [4.69, 9.17) is 4.74 Å². The van der Waals surface area contributed by atoms with E-state index in [1.54, 1.807) is 19.2 Å². The van der Waals surface area contributed by atoms with Crippen molar-refractivity contribution < 1.29 is 14.3 Å². The number of ether oxygens (including phenoxy) is 1. The van der Waals surface area contributed by atoms with Crippen molar-refractivity contribution in [2.45, 2.75) is 38.8 Å². The van der Waals surface area contributed by atoms with Gasteiger partial charge >= 0.3 is 0 Å². The minimum atomic E-state index is -1.20. The molecular weight excluding hydrogens is 422 g/mol. The van der Waals surface area contributed by atoms with Gasteiger partial charge in [-0.15, -0.1) is 0 Å². The van der Waals surface area contributed by atoms with Gasteiger partial charge in [-0.25, -0.2) is 0 Å². The van der Waals surface area contributed by atoms with Crippen LogP contribution in [0.4, 0.5) is 0 Å². The maximum absolute atomic E-state index is 14.0. The van der Waals surface area contributed by atoms with Crippen molar-refractivity contribution in [3.63, 3.8) is 0 Å². The van der Waals surface area contributed by atoms with Gasteiger partial charge in [0.25, 0.3) is 0 Å². The van der Waals surface area contributed by atoms with E-state index < -0.39 is 11.0 Å². The lowest BCUT2D eigenvalue weighted by atomic mass is 9.60. The predicted octanol–water partition coefficient (Wildman–Crippen LogP) is 6.35. The minimum absolute atomic E-state index is 0.123. The van der Waals surface area contributed by atoms with E-state index in [2.05, 4.69) is 0 Å². The molecule has 3 aromatic carbocycles. The number of rotatable bonds is 7. The van der Waals surface area contributed by atoms with Crippen LogP contribution < -0.4 is 4.74 Å². The zero-order valence-corrected chi connectivity index (χ0v) is 20.2. The van der Waals surface area contributed by atoms with Crippen LogP contribution in [-0.4, -0.2) is 29.2 Å². The third-order valence-electron chi connectivity index (χ3n) is 6.47. The van der Waals surface area contributed by atoms with Gasteiger partial charge in [0.2, 0.25) is 5.91 Å². The average molecular weight is 454 g/mol. The Morgan fingerprint density at radius 1 is 0.941 bits per heavy atom. The largest absolute Gasteiger partial charge is 0.497 e. The fourth-order valence-corrected chi connectivity index (χ4v) is 4.82. The normalized spacial score (nSPS) is 20.3. The SMILES string of the molecule is COc1ccc(/C=C/C[C@]2(C(=O)c3ccccc3)C(=O)N(C(C)(C)C)[C@H]2c2ccccc2)cc1. The maximum Gasteiger partial charge on any atom is 0.240 e. The monoisotopic (exact) mass is 453 g/mol. The van der Waals surface area contributed by atoms with E-state index in [9.17, 15) is 9.59 Å². The second-order valence-electron chi connectivity index (χ2n) is 9.71. The van der Waals surface area contributed by atoms with Crippen molar-refractivity contribution in [3.8, 4) is 5.75 Å². The van der Waals surface area contributed by atoms with Gasteiger partial charge in [0.05, 0.1) is 13.2 Å². The number of hydrogen-bond acceptors (Lipinski definition) is 3. The molecule has 0 N–H and O–H groups in total. The van der Waals surface area contributed by atoms with Gasteiger partial charge in [-0.2, -0.15) is 0 Å². The molecule has 4 heteroatoms. The van der Waals surface area contributed by atoms with Crippen molar-refractivity contribution in [2.24, 2.45) is 5.41 Å². The Balaban J connectivity index is 1.78. The second kappa shape index (κ2) is 9.30. The lowest BCUT2D eigenvalue weighted by molar-refractivity contribution is -0.177. The number of carbonyl (C=O) groups is 2. The zero-order chi connectivity index (χ0) is 24.3. The van der Waals surface area contributed by atoms with Crippen molar-refractivity contribution in [1.29, 1.82) is 0 Å². The van der Waals surface area contributed by atoms with Crippen LogP contribution in [0.1, 0.15) is 54.7 Å². The van der Waals surface area contributed by atoms with E-state index in [0.717, 1.165) is 16.9 Å². The third kappa shape index (κ3) is 4.16. The Hall–Kier alpha value is -3.66. The average Bonchev–Trinajstić information content (AvgIpc) is 2.85. The van der Waals surface area contributed by atoms with Crippen LogP contribution in [0, 0.1) is 5.41 Å². The Bertz CT molecular complexity index is 1180. The first-order valence-electron chi connectivity index (χ1n) is 11.6. The summed E-state index contributed by atoms with van der Waals surface area (Å²) in [6.07, 6.45) is 4.24. The number of nitrogens with zero attached hydrogens (tertiary/aromatic N) is 1. The number of methoxy groups -OCH3 is 1. The summed E-state index contributed by atoms with van der Waals surface area (Å²) in [5.74, 6) is 0.529. The predicted molar refractivity (Wildman–Crippen MR) is 136 cm³/mol. The fraction of sp³-hybridized carbons (Fsp3) is 0.267. The first kappa shape index (κ1) is 23.5. The number of allylic oxidation sites excluding steroid dienone is 1. The van der Waals surface area contributed by atoms with E-state index in [1.807, 2.05) is 111 Å². The van der Waals surface area contributed by atoms with Gasteiger partial charge in [0, 0.05) is 11.1 Å². The molecule has 34 heavy (non-hydrogen) atoms. The maximum atomic E-state index is 14.0. The molecule has 0 unspecified atom stereocenters. The first-order chi connectivity index (χ1) is 16.3. The fourth-order valence-electron chi connectivity index (χ4n) is 4.82. The highest BCUT2D eigenvalue weighted by Gasteiger charge is 2.66. The van der Waals surface area contributed by atoms with Crippen LogP contribution in [0.2, 0.25) is 0 Å². The third-order valence-corrected chi connectivity index (χ3v) is 6.47. The molecule has 1 aliphatic rings. The molecule has 1 heterocycles. The summed E-state index contributed by atoms with van der Waals surface area (Å²) in [6, 6.07) is 26.4. The van der Waals surface area contributed by atoms with E-state index >= 15 is 0 Å². The summed E-state index contributed by atoms with van der Waals surface area (Å²) in [4.78, 5) is 29.8. The highest BCUT2D eigenvalue weighted by molar-refractivity contribution is 6.18. The summed E-state index contributed by atoms with van der Waals surface area (Å²) in [5.41, 5.74) is 0.901. The smallest absolute Gasteiger partial charge is 0.240 e. The minimum Gasteiger partial charge on any atom is -0.497 e. The number of likely N-dealkylation sites (tertiary alicyclic amines) is 1. The van der Waals surface area contributed by atoms with Crippen molar-refractivity contribution >= 4 is 17.8 Å². The summed E-state index contributed by atoms with van der Waals surface area (Å²) in [7, 11) is 1.64. The van der Waals surface area contributed by atoms with E-state index in [1.165, 1.54) is 0 Å². The standard InChI is InChI=1S/C30H31NO3/c1-29(2,3)31-26(23-13-7-5-8-14-23)30(28(31)33,27(32)24-15-9-6-10-16-24)21-11-12-22-17-19-25(34-4)20-18-22/h5-20,26H,21H2,1-4H3/b12-11+/t26-,30-/m0/s1. The van der Waals surface area contributed by atoms with Crippen molar-refractivity contribution in [1.82, 2.24) is 4.90 Å². The van der Waals surface area contributed by atoms with Crippen LogP contribution in [0.5, 0.6) is 5.75 Å². The molecule has 0 saturated carbocycles. The topological polar surface area (TPSA) is 46.6 Å². The quantitative estimate of drug-likeness (QED) is 0.238. The summed E-state index contributed by atoms with van der Waals surface area (Å²) in [6.45, 7) is 6.06. The highest BCUT2D eigenvalue weighted by atomic mass is 16.5. The van der Waals surface area contributed by atoms with E-state index in [-0.39, 0.29) is 17.7 Å². The van der Waals surface area contributed by atoms with E-state index in [0.29, 0.717) is 12.0 Å². The Labute approximate surface area is 201 Å². The summed E-state index contributed by atoms with van der Waals surface area (Å²) in [5, 5.41) is 0. The Morgan fingerprint density at radius 2 is 1.53 bits per heavy atom. The molecule has 0 spiro atoms. The van der Waals surface area contributed by atoms with Gasteiger partial charge in [0.15, 0.2) is 5.78 Å². The zero-order valence-electron chi connectivity index (χ0n) is 20.2. The number of Topliss-reactive ketones (excluding diaryl/α,β-unsaturated/α-hetero) is 1. The molecule has 1 fully saturated rings. The van der Waals surface area contributed by atoms with Crippen molar-refractivity contribution in [2.75, 3.05) is 7.11 Å². The second-order valence-corrected chi connectivity index (χ2v) is 9.71. The molecule has 3 aromatic rings. The number of ketones is 1. The van der Waals surface area contributed by atoms with Crippen LogP contribution in [0.25, 0.3) is 6.08 Å². The molecule has 0 radical (unpaired) electrons. The number of benzene rings is 3. The van der Waals surface area contributed by atoms with Crippen molar-refractivity contribution in [3.05, 3.63) is 108 Å². The van der Waals surface area contributed by atoms with Crippen LogP contribution in [0.15, 0.2) is 91.0 Å². The Morgan fingerprint density at radius 3 is 2.09 bits per heavy atom. The Kier molecular flexibility index (Phi) is 6.43. The molecule has 0 bridgehead atoms. The first-order valence-corrected chi connectivity index (χ1v) is 11.6. The van der Waals surface area contributed by atoms with Crippen LogP contribution >= 0.6 is 0 Å². The number of hydrogen-bond donors (Lipinski definition) is 0. The number of carbonyl (C=O) groups excluding carboxylic acids is 2. The summed E-state index contributed by atoms with van der Waals surface area (Å²) < 4.78 is 5.24. The van der Waals surface area contributed by atoms with Crippen LogP contribution in [-0.2, 0) is 4.79 Å². The number of β-lactam (4-membered cyclic amide) rings is 1. The molecule has 4 rings (SSSR count). The molecule has 174 valence electrons. The molecule has 1 amide bonds. The molecule has 2 atom stereocenters. The molecular formula is C30H31NO3. The lowest BCUT2D eigenvalue weighted by Crippen LogP contribution is -2.71. The molecule has 4 nitrogen and oxygen atoms in total. The molecule has 0 aliphatic carbocycles. The van der Waals surface area contributed by atoms with Gasteiger partial charge < -0.3 is 9.64 Å².